The largest absolute Gasteiger partial charge is 0.388 e. The van der Waals surface area contributed by atoms with E-state index in [0.29, 0.717) is 0 Å². The van der Waals surface area contributed by atoms with Crippen LogP contribution >= 0.6 is 0 Å². The summed E-state index contributed by atoms with van der Waals surface area (Å²) in [6.45, 7) is -0.187. The van der Waals surface area contributed by atoms with Crippen molar-refractivity contribution in [1.82, 2.24) is 0 Å². The van der Waals surface area contributed by atoms with E-state index in [4.69, 9.17) is 14.6 Å². The van der Waals surface area contributed by atoms with E-state index in [1.54, 1.807) is 0 Å². The summed E-state index contributed by atoms with van der Waals surface area (Å²) in [5, 5.41) is 37.0. The molecule has 1 heterocycles. The van der Waals surface area contributed by atoms with Crippen molar-refractivity contribution in [3.8, 4) is 0 Å². The van der Waals surface area contributed by atoms with E-state index in [9.17, 15) is 15.3 Å². The maximum Gasteiger partial charge on any atom is 0.185 e. The number of hydrogen-bond acceptors (Lipinski definition) is 6. The van der Waals surface area contributed by atoms with E-state index in [1.165, 1.54) is 7.11 Å². The third kappa shape index (κ3) is 2.16. The minimum Gasteiger partial charge on any atom is -0.388 e. The Morgan fingerprint density at radius 3 is 2.23 bits per heavy atom. The summed E-state index contributed by atoms with van der Waals surface area (Å²) in [5.74, 6) is 0. The summed E-state index contributed by atoms with van der Waals surface area (Å²) in [7, 11) is 1.30. The molecule has 6 heteroatoms. The van der Waals surface area contributed by atoms with E-state index in [-0.39, 0.29) is 6.61 Å². The molecule has 0 unspecified atom stereocenters. The Morgan fingerprint density at radius 2 is 1.69 bits per heavy atom. The number of methoxy groups -OCH3 is 1. The summed E-state index contributed by atoms with van der Waals surface area (Å²) >= 11 is 0. The summed E-state index contributed by atoms with van der Waals surface area (Å²) in [4.78, 5) is 0. The molecule has 5 atom stereocenters. The van der Waals surface area contributed by atoms with Crippen LogP contribution in [0.5, 0.6) is 0 Å². The second kappa shape index (κ2) is 4.32. The van der Waals surface area contributed by atoms with E-state index in [1.807, 2.05) is 0 Å². The zero-order valence-corrected chi connectivity index (χ0v) is 7.20. The molecule has 1 aliphatic heterocycles. The fourth-order valence-corrected chi connectivity index (χ4v) is 1.19. The molecule has 0 amide bonds. The van der Waals surface area contributed by atoms with Crippen molar-refractivity contribution in [2.45, 2.75) is 30.7 Å². The Bertz CT molecular complexity index is 161. The first-order chi connectivity index (χ1) is 6.07. The van der Waals surface area contributed by atoms with Crippen molar-refractivity contribution in [2.24, 2.45) is 0 Å². The van der Waals surface area contributed by atoms with Crippen molar-refractivity contribution in [1.29, 1.82) is 0 Å². The first-order valence-corrected chi connectivity index (χ1v) is 3.94. The van der Waals surface area contributed by atoms with Gasteiger partial charge in [-0.3, -0.25) is 0 Å². The average Bonchev–Trinajstić information content (AvgIpc) is 2.22. The van der Waals surface area contributed by atoms with Crippen LogP contribution in [-0.2, 0) is 9.47 Å². The summed E-state index contributed by atoms with van der Waals surface area (Å²) in [6.07, 6.45) is -6.50. The van der Waals surface area contributed by atoms with Gasteiger partial charge in [-0.2, -0.15) is 0 Å². The normalized spacial score (nSPS) is 47.3. The van der Waals surface area contributed by atoms with E-state index in [0.717, 1.165) is 0 Å². The van der Waals surface area contributed by atoms with E-state index < -0.39 is 30.7 Å². The van der Waals surface area contributed by atoms with Crippen molar-refractivity contribution in [2.75, 3.05) is 13.7 Å². The smallest absolute Gasteiger partial charge is 0.185 e. The van der Waals surface area contributed by atoms with Gasteiger partial charge in [-0.1, -0.05) is 0 Å². The highest BCUT2D eigenvalue weighted by molar-refractivity contribution is 4.85. The number of rotatable bonds is 1. The first kappa shape index (κ1) is 10.8. The lowest BCUT2D eigenvalue weighted by Crippen LogP contribution is -2.46. The maximum absolute atomic E-state index is 9.33. The predicted octanol–water partition coefficient (Wildman–Crippen LogP) is -2.57. The third-order valence-corrected chi connectivity index (χ3v) is 2.04. The molecule has 0 saturated carbocycles. The minimum atomic E-state index is -1.47. The van der Waals surface area contributed by atoms with Crippen LogP contribution in [0, 0.1) is 0 Å². The van der Waals surface area contributed by atoms with Crippen molar-refractivity contribution >= 4 is 0 Å². The van der Waals surface area contributed by atoms with E-state index in [2.05, 4.69) is 0 Å². The fraction of sp³-hybridized carbons (Fsp3) is 1.00. The van der Waals surface area contributed by atoms with Crippen molar-refractivity contribution in [3.05, 3.63) is 0 Å². The van der Waals surface area contributed by atoms with Gasteiger partial charge >= 0.3 is 0 Å². The van der Waals surface area contributed by atoms with Gasteiger partial charge in [0.2, 0.25) is 0 Å². The van der Waals surface area contributed by atoms with Gasteiger partial charge in [0, 0.05) is 7.11 Å². The topological polar surface area (TPSA) is 99.4 Å². The molecular formula is C7H14O6. The average molecular weight is 194 g/mol. The number of aliphatic hydroxyl groups is 4. The molecule has 0 aromatic heterocycles. The highest BCUT2D eigenvalue weighted by Crippen LogP contribution is 2.16. The molecule has 4 N–H and O–H groups in total. The molecule has 1 rings (SSSR count). The third-order valence-electron chi connectivity index (χ3n) is 2.04. The lowest BCUT2D eigenvalue weighted by atomic mass is 10.0. The van der Waals surface area contributed by atoms with Crippen LogP contribution < -0.4 is 0 Å². The van der Waals surface area contributed by atoms with Crippen LogP contribution in [0.3, 0.4) is 0 Å². The van der Waals surface area contributed by atoms with Gasteiger partial charge in [0.25, 0.3) is 0 Å². The van der Waals surface area contributed by atoms with Gasteiger partial charge in [-0.25, -0.2) is 0 Å². The minimum absolute atomic E-state index is 0.187. The Kier molecular flexibility index (Phi) is 3.60. The van der Waals surface area contributed by atoms with Crippen molar-refractivity contribution < 1.29 is 29.9 Å². The molecule has 1 saturated heterocycles. The summed E-state index contributed by atoms with van der Waals surface area (Å²) in [6, 6.07) is 0. The fourth-order valence-electron chi connectivity index (χ4n) is 1.19. The molecule has 0 aromatic carbocycles. The van der Waals surface area contributed by atoms with Crippen LogP contribution in [0.2, 0.25) is 0 Å². The lowest BCUT2D eigenvalue weighted by molar-refractivity contribution is -0.196. The van der Waals surface area contributed by atoms with Crippen LogP contribution in [0.1, 0.15) is 0 Å². The SMILES string of the molecule is CO[C@H]1OC[C@@H](O)[C@H](O)[C@H](O)[C@H]1O. The molecule has 0 spiro atoms. The van der Waals surface area contributed by atoms with Crippen LogP contribution in [-0.4, -0.2) is 64.8 Å². The van der Waals surface area contributed by atoms with E-state index >= 15 is 0 Å². The molecule has 6 nitrogen and oxygen atoms in total. The lowest BCUT2D eigenvalue weighted by Gasteiger charge is -2.23. The van der Waals surface area contributed by atoms with Crippen LogP contribution in [0.4, 0.5) is 0 Å². The first-order valence-electron chi connectivity index (χ1n) is 3.94. The van der Waals surface area contributed by atoms with Gasteiger partial charge in [0.15, 0.2) is 6.29 Å². The van der Waals surface area contributed by atoms with Gasteiger partial charge < -0.3 is 29.9 Å². The predicted molar refractivity (Wildman–Crippen MR) is 40.8 cm³/mol. The quantitative estimate of drug-likeness (QED) is 0.366. The second-order valence-corrected chi connectivity index (χ2v) is 2.98. The zero-order valence-electron chi connectivity index (χ0n) is 7.20. The molecule has 0 aliphatic carbocycles. The molecule has 0 radical (unpaired) electrons. The number of hydrogen-bond donors (Lipinski definition) is 4. The van der Waals surface area contributed by atoms with Gasteiger partial charge in [-0.05, 0) is 0 Å². The highest BCUT2D eigenvalue weighted by atomic mass is 16.7. The maximum atomic E-state index is 9.33. The van der Waals surface area contributed by atoms with Crippen molar-refractivity contribution in [3.63, 3.8) is 0 Å². The Morgan fingerprint density at radius 1 is 1.08 bits per heavy atom. The molecule has 0 aromatic rings. The number of aliphatic hydroxyl groups excluding tert-OH is 4. The molecule has 13 heavy (non-hydrogen) atoms. The second-order valence-electron chi connectivity index (χ2n) is 2.98. The molecular weight excluding hydrogens is 180 g/mol. The Balaban J connectivity index is 2.69. The zero-order chi connectivity index (χ0) is 10.0. The summed E-state index contributed by atoms with van der Waals surface area (Å²) < 4.78 is 9.57. The monoisotopic (exact) mass is 194 g/mol. The Labute approximate surface area is 75.3 Å². The molecule has 1 aliphatic rings. The number of ether oxygens (including phenoxy) is 2. The molecule has 78 valence electrons. The molecule has 0 bridgehead atoms. The van der Waals surface area contributed by atoms with Gasteiger partial charge in [0.05, 0.1) is 6.61 Å². The van der Waals surface area contributed by atoms with Gasteiger partial charge in [0.1, 0.15) is 24.4 Å². The molecule has 1 fully saturated rings. The van der Waals surface area contributed by atoms with Crippen LogP contribution in [0.25, 0.3) is 0 Å². The van der Waals surface area contributed by atoms with Gasteiger partial charge in [-0.15, -0.1) is 0 Å². The highest BCUT2D eigenvalue weighted by Gasteiger charge is 2.39. The summed E-state index contributed by atoms with van der Waals surface area (Å²) in [5.41, 5.74) is 0. The Hall–Kier alpha value is -0.240. The standard InChI is InChI=1S/C7H14O6/c1-12-7-6(11)5(10)4(9)3(8)2-13-7/h3-11H,2H2,1H3/t3-,4+,5+,6-,7+/m1/s1. The van der Waals surface area contributed by atoms with Crippen LogP contribution in [0.15, 0.2) is 0 Å².